The zero-order valence-corrected chi connectivity index (χ0v) is 7.33. The average Bonchev–Trinajstić information content (AvgIpc) is 2.08. The van der Waals surface area contributed by atoms with Gasteiger partial charge in [0.25, 0.3) is 0 Å². The molecule has 0 aromatic heterocycles. The lowest BCUT2D eigenvalue weighted by molar-refractivity contribution is 0.507. The molecule has 0 aliphatic carbocycles. The van der Waals surface area contributed by atoms with Gasteiger partial charge in [0, 0.05) is 11.1 Å². The molecule has 0 heterocycles. The van der Waals surface area contributed by atoms with Crippen LogP contribution < -0.4 is 0 Å². The summed E-state index contributed by atoms with van der Waals surface area (Å²) in [5.41, 5.74) is 0.950. The summed E-state index contributed by atoms with van der Waals surface area (Å²) in [7, 11) is 0. The van der Waals surface area contributed by atoms with Gasteiger partial charge in [-0.15, -0.1) is 0 Å². The Hall–Kier alpha value is -0.600. The highest BCUT2D eigenvalue weighted by Crippen LogP contribution is 2.23. The summed E-state index contributed by atoms with van der Waals surface area (Å²) in [6.07, 6.45) is 0. The molecule has 0 saturated heterocycles. The second-order valence-corrected chi connectivity index (χ2v) is 2.68. The molecule has 0 atom stereocenters. The number of benzene rings is 1. The minimum Gasteiger partial charge on any atom is -0.204 e. The van der Waals surface area contributed by atoms with Gasteiger partial charge < -0.3 is 0 Å². The van der Waals surface area contributed by atoms with Crippen molar-refractivity contribution in [1.29, 1.82) is 0 Å². The molecule has 12 heavy (non-hydrogen) atoms. The van der Waals surface area contributed by atoms with Crippen LogP contribution in [-0.4, -0.2) is 0 Å². The van der Waals surface area contributed by atoms with E-state index >= 15 is 0 Å². The van der Waals surface area contributed by atoms with Crippen LogP contribution in [0.2, 0.25) is 0 Å². The second-order valence-electron chi connectivity index (χ2n) is 2.06. The minimum absolute atomic E-state index is 0.0198. The Morgan fingerprint density at radius 2 is 2.00 bits per heavy atom. The van der Waals surface area contributed by atoms with E-state index in [1.807, 2.05) is 0 Å². The van der Waals surface area contributed by atoms with Crippen LogP contribution in [0.4, 0.5) is 8.78 Å². The molecule has 1 aromatic carbocycles. The fourth-order valence-electron chi connectivity index (χ4n) is 0.747. The van der Waals surface area contributed by atoms with E-state index in [0.29, 0.717) is 0 Å². The summed E-state index contributed by atoms with van der Waals surface area (Å²) < 4.78 is 25.5. The van der Waals surface area contributed by atoms with Crippen molar-refractivity contribution in [2.45, 2.75) is 0 Å². The number of hydrogen-bond donors (Lipinski definition) is 0. The van der Waals surface area contributed by atoms with Crippen molar-refractivity contribution in [3.8, 4) is 0 Å². The fraction of sp³-hybridized carbons (Fsp3) is 0. The first kappa shape index (κ1) is 9.49. The van der Waals surface area contributed by atoms with E-state index < -0.39 is 11.6 Å². The summed E-state index contributed by atoms with van der Waals surface area (Å²) in [5.74, 6) is -1.93. The van der Waals surface area contributed by atoms with Gasteiger partial charge in [0.2, 0.25) is 0 Å². The lowest BCUT2D eigenvalue weighted by Crippen LogP contribution is -1.89. The molecular formula is C8H4Cl2F2. The molecule has 0 aliphatic heterocycles. The molecular weight excluding hydrogens is 205 g/mol. The monoisotopic (exact) mass is 208 g/mol. The van der Waals surface area contributed by atoms with Crippen molar-refractivity contribution in [1.82, 2.24) is 0 Å². The topological polar surface area (TPSA) is 0 Å². The Bertz CT molecular complexity index is 321. The maximum atomic E-state index is 12.9. The number of halogens is 4. The third-order valence-electron chi connectivity index (χ3n) is 1.30. The lowest BCUT2D eigenvalue weighted by Gasteiger charge is -1.99. The van der Waals surface area contributed by atoms with Gasteiger partial charge in [-0.25, -0.2) is 8.78 Å². The molecule has 0 amide bonds. The third-order valence-corrected chi connectivity index (χ3v) is 1.95. The lowest BCUT2D eigenvalue weighted by atomic mass is 10.2. The van der Waals surface area contributed by atoms with E-state index in [9.17, 15) is 8.78 Å². The van der Waals surface area contributed by atoms with Gasteiger partial charge in [-0.2, -0.15) is 0 Å². The van der Waals surface area contributed by atoms with Crippen LogP contribution in [0.1, 0.15) is 5.56 Å². The molecule has 0 bridgehead atoms. The van der Waals surface area contributed by atoms with Crippen molar-refractivity contribution in [3.05, 3.63) is 40.9 Å². The van der Waals surface area contributed by atoms with Crippen molar-refractivity contribution < 1.29 is 8.78 Å². The fourth-order valence-corrected chi connectivity index (χ4v) is 1.01. The predicted molar refractivity (Wildman–Crippen MR) is 46.0 cm³/mol. The number of hydrogen-bond acceptors (Lipinski definition) is 0. The van der Waals surface area contributed by atoms with E-state index in [0.717, 1.165) is 11.6 Å². The summed E-state index contributed by atoms with van der Waals surface area (Å²) in [6, 6.07) is 3.72. The van der Waals surface area contributed by atoms with Gasteiger partial charge in [-0.1, -0.05) is 35.3 Å². The van der Waals surface area contributed by atoms with Crippen LogP contribution in [-0.2, 0) is 0 Å². The molecule has 0 unspecified atom stereocenters. The zero-order valence-electron chi connectivity index (χ0n) is 5.82. The van der Waals surface area contributed by atoms with E-state index in [4.69, 9.17) is 23.2 Å². The smallest absolute Gasteiger partial charge is 0.167 e. The SMILES string of the molecule is Fc1cccc(C(Cl)=CCl)c1F. The molecule has 1 rings (SSSR count). The molecule has 0 aliphatic rings. The summed E-state index contributed by atoms with van der Waals surface area (Å²) in [5, 5.41) is -0.0198. The summed E-state index contributed by atoms with van der Waals surface area (Å²) in [4.78, 5) is 0. The van der Waals surface area contributed by atoms with Crippen LogP contribution in [0.25, 0.3) is 5.03 Å². The molecule has 64 valence electrons. The van der Waals surface area contributed by atoms with Gasteiger partial charge in [0.1, 0.15) is 0 Å². The second kappa shape index (κ2) is 3.87. The first-order valence-electron chi connectivity index (χ1n) is 3.07. The highest BCUT2D eigenvalue weighted by Gasteiger charge is 2.09. The van der Waals surface area contributed by atoms with Crippen molar-refractivity contribution in [3.63, 3.8) is 0 Å². The van der Waals surface area contributed by atoms with E-state index in [-0.39, 0.29) is 10.6 Å². The van der Waals surface area contributed by atoms with E-state index in [1.165, 1.54) is 12.1 Å². The predicted octanol–water partition coefficient (Wildman–Crippen LogP) is 3.74. The molecule has 0 N–H and O–H groups in total. The molecule has 1 aromatic rings. The van der Waals surface area contributed by atoms with E-state index in [1.54, 1.807) is 0 Å². The van der Waals surface area contributed by atoms with Crippen molar-refractivity contribution >= 4 is 28.2 Å². The average molecular weight is 209 g/mol. The molecule has 0 radical (unpaired) electrons. The van der Waals surface area contributed by atoms with Crippen LogP contribution in [0.5, 0.6) is 0 Å². The van der Waals surface area contributed by atoms with Gasteiger partial charge in [0.05, 0.1) is 5.03 Å². The molecule has 0 fully saturated rings. The third kappa shape index (κ3) is 1.76. The Balaban J connectivity index is 3.26. The number of rotatable bonds is 1. The standard InChI is InChI=1S/C8H4Cl2F2/c9-4-6(10)5-2-1-3-7(11)8(5)12/h1-4H. The minimum atomic E-state index is -0.987. The summed E-state index contributed by atoms with van der Waals surface area (Å²) >= 11 is 10.7. The Morgan fingerprint density at radius 1 is 1.33 bits per heavy atom. The highest BCUT2D eigenvalue weighted by atomic mass is 35.5. The van der Waals surface area contributed by atoms with Gasteiger partial charge in [-0.3, -0.25) is 0 Å². The van der Waals surface area contributed by atoms with Crippen LogP contribution in [0, 0.1) is 11.6 Å². The van der Waals surface area contributed by atoms with Crippen LogP contribution in [0.3, 0.4) is 0 Å². The quantitative estimate of drug-likeness (QED) is 0.660. The van der Waals surface area contributed by atoms with Gasteiger partial charge in [0.15, 0.2) is 11.6 Å². The molecule has 4 heteroatoms. The Labute approximate surface area is 78.4 Å². The first-order valence-corrected chi connectivity index (χ1v) is 3.88. The maximum absolute atomic E-state index is 12.9. The molecule has 0 nitrogen and oxygen atoms in total. The van der Waals surface area contributed by atoms with Crippen LogP contribution >= 0.6 is 23.2 Å². The zero-order chi connectivity index (χ0) is 9.14. The van der Waals surface area contributed by atoms with Crippen molar-refractivity contribution in [2.24, 2.45) is 0 Å². The Morgan fingerprint density at radius 3 is 2.58 bits per heavy atom. The van der Waals surface area contributed by atoms with E-state index in [2.05, 4.69) is 0 Å². The maximum Gasteiger partial charge on any atom is 0.167 e. The highest BCUT2D eigenvalue weighted by molar-refractivity contribution is 6.52. The first-order chi connectivity index (χ1) is 5.66. The Kier molecular flexibility index (Phi) is 3.06. The molecule has 0 spiro atoms. The summed E-state index contributed by atoms with van der Waals surface area (Å²) in [6.45, 7) is 0. The van der Waals surface area contributed by atoms with Crippen molar-refractivity contribution in [2.75, 3.05) is 0 Å². The van der Waals surface area contributed by atoms with Gasteiger partial charge >= 0.3 is 0 Å². The molecule has 0 saturated carbocycles. The normalized spacial score (nSPS) is 11.8. The van der Waals surface area contributed by atoms with Crippen LogP contribution in [0.15, 0.2) is 23.7 Å². The van der Waals surface area contributed by atoms with Gasteiger partial charge in [-0.05, 0) is 6.07 Å². The largest absolute Gasteiger partial charge is 0.204 e.